The van der Waals surface area contributed by atoms with Crippen LogP contribution in [0.5, 0.6) is 0 Å². The van der Waals surface area contributed by atoms with Crippen LogP contribution in [0.4, 0.5) is 0 Å². The van der Waals surface area contributed by atoms with Crippen molar-refractivity contribution in [3.8, 4) is 0 Å². The number of carbonyl (C=O) groups is 1. The molecule has 1 amide bonds. The number of nitrogens with zero attached hydrogens (tertiary/aromatic N) is 1. The highest BCUT2D eigenvalue weighted by atomic mass is 79.9. The summed E-state index contributed by atoms with van der Waals surface area (Å²) in [6.45, 7) is 2.72. The first-order valence-electron chi connectivity index (χ1n) is 4.49. The number of benzene rings is 1. The van der Waals surface area contributed by atoms with Crippen molar-refractivity contribution >= 4 is 21.8 Å². The molecule has 0 saturated heterocycles. The van der Waals surface area contributed by atoms with Gasteiger partial charge in [-0.2, -0.15) is 0 Å². The Morgan fingerprint density at radius 2 is 1.93 bits per heavy atom. The zero-order valence-corrected chi connectivity index (χ0v) is 10.0. The van der Waals surface area contributed by atoms with E-state index in [1.54, 1.807) is 4.90 Å². The molecule has 0 aromatic heterocycles. The highest BCUT2D eigenvalue weighted by molar-refractivity contribution is 9.09. The molecular weight excluding hydrogens is 242 g/mol. The fourth-order valence-electron chi connectivity index (χ4n) is 1.16. The van der Waals surface area contributed by atoms with Gasteiger partial charge in [0.1, 0.15) is 0 Å². The van der Waals surface area contributed by atoms with Crippen molar-refractivity contribution in [1.29, 1.82) is 0 Å². The van der Waals surface area contributed by atoms with Crippen LogP contribution in [0.15, 0.2) is 24.3 Å². The van der Waals surface area contributed by atoms with Crippen LogP contribution in [0.2, 0.25) is 0 Å². The maximum Gasteiger partial charge on any atom is 0.233 e. The van der Waals surface area contributed by atoms with E-state index >= 15 is 0 Å². The number of alkyl halides is 1. The van der Waals surface area contributed by atoms with E-state index in [1.807, 2.05) is 19.2 Å². The third kappa shape index (κ3) is 3.14. The molecule has 1 rings (SSSR count). The van der Waals surface area contributed by atoms with E-state index < -0.39 is 0 Å². The van der Waals surface area contributed by atoms with Crippen LogP contribution in [0.25, 0.3) is 0 Å². The third-order valence-electron chi connectivity index (χ3n) is 2.08. The average molecular weight is 256 g/mol. The van der Waals surface area contributed by atoms with Crippen molar-refractivity contribution in [2.45, 2.75) is 13.5 Å². The maximum atomic E-state index is 11.3. The van der Waals surface area contributed by atoms with Gasteiger partial charge in [-0.05, 0) is 12.5 Å². The molecule has 14 heavy (non-hydrogen) atoms. The van der Waals surface area contributed by atoms with Gasteiger partial charge in [0.2, 0.25) is 5.91 Å². The van der Waals surface area contributed by atoms with Gasteiger partial charge in [0.25, 0.3) is 0 Å². The zero-order chi connectivity index (χ0) is 10.6. The van der Waals surface area contributed by atoms with Crippen LogP contribution < -0.4 is 0 Å². The average Bonchev–Trinajstić information content (AvgIpc) is 2.20. The lowest BCUT2D eigenvalue weighted by molar-refractivity contribution is -0.127. The maximum absolute atomic E-state index is 11.3. The van der Waals surface area contributed by atoms with Crippen molar-refractivity contribution in [3.63, 3.8) is 0 Å². The van der Waals surface area contributed by atoms with Gasteiger partial charge in [-0.1, -0.05) is 45.8 Å². The van der Waals surface area contributed by atoms with Gasteiger partial charge in [0.05, 0.1) is 5.33 Å². The zero-order valence-electron chi connectivity index (χ0n) is 8.46. The van der Waals surface area contributed by atoms with Crippen LogP contribution >= 0.6 is 15.9 Å². The molecule has 0 heterocycles. The summed E-state index contributed by atoms with van der Waals surface area (Å²) in [6.07, 6.45) is 0. The number of halogens is 1. The van der Waals surface area contributed by atoms with Crippen molar-refractivity contribution in [2.24, 2.45) is 0 Å². The Kier molecular flexibility index (Phi) is 4.14. The van der Waals surface area contributed by atoms with Gasteiger partial charge in [0, 0.05) is 13.6 Å². The van der Waals surface area contributed by atoms with Gasteiger partial charge in [0.15, 0.2) is 0 Å². The van der Waals surface area contributed by atoms with Crippen LogP contribution in [0, 0.1) is 6.92 Å². The predicted molar refractivity (Wildman–Crippen MR) is 61.4 cm³/mol. The number of hydrogen-bond donors (Lipinski definition) is 0. The molecule has 0 aliphatic carbocycles. The fourth-order valence-corrected chi connectivity index (χ4v) is 1.59. The first kappa shape index (κ1) is 11.2. The third-order valence-corrected chi connectivity index (χ3v) is 2.56. The lowest BCUT2D eigenvalue weighted by Gasteiger charge is -2.15. The second-order valence-electron chi connectivity index (χ2n) is 3.37. The molecule has 0 unspecified atom stereocenters. The van der Waals surface area contributed by atoms with E-state index in [4.69, 9.17) is 0 Å². The molecule has 1 aromatic rings. The van der Waals surface area contributed by atoms with Gasteiger partial charge >= 0.3 is 0 Å². The number of amides is 1. The smallest absolute Gasteiger partial charge is 0.233 e. The summed E-state index contributed by atoms with van der Waals surface area (Å²) in [7, 11) is 1.81. The Hall–Kier alpha value is -0.830. The van der Waals surface area contributed by atoms with E-state index in [-0.39, 0.29) is 5.91 Å². The normalized spacial score (nSPS) is 9.93. The van der Waals surface area contributed by atoms with E-state index in [2.05, 4.69) is 35.0 Å². The largest absolute Gasteiger partial charge is 0.341 e. The molecule has 2 nitrogen and oxygen atoms in total. The summed E-state index contributed by atoms with van der Waals surface area (Å²) in [5.74, 6) is 0.102. The second-order valence-corrected chi connectivity index (χ2v) is 3.93. The number of rotatable bonds is 3. The van der Waals surface area contributed by atoms with Crippen LogP contribution in [0.1, 0.15) is 11.1 Å². The molecule has 1 aromatic carbocycles. The Bertz CT molecular complexity index is 308. The summed E-state index contributed by atoms with van der Waals surface area (Å²) in [5, 5.41) is 0.384. The summed E-state index contributed by atoms with van der Waals surface area (Å²) < 4.78 is 0. The van der Waals surface area contributed by atoms with Crippen molar-refractivity contribution in [2.75, 3.05) is 12.4 Å². The van der Waals surface area contributed by atoms with Crippen LogP contribution in [-0.4, -0.2) is 23.2 Å². The number of aryl methyl sites for hydroxylation is 1. The fraction of sp³-hybridized carbons (Fsp3) is 0.364. The molecule has 0 N–H and O–H groups in total. The lowest BCUT2D eigenvalue weighted by atomic mass is 10.1. The highest BCUT2D eigenvalue weighted by Crippen LogP contribution is 2.06. The van der Waals surface area contributed by atoms with Crippen LogP contribution in [-0.2, 0) is 11.3 Å². The highest BCUT2D eigenvalue weighted by Gasteiger charge is 2.06. The standard InChI is InChI=1S/C11H14BrNO/c1-9-3-5-10(6-4-9)8-13(2)11(14)7-12/h3-6H,7-8H2,1-2H3. The first-order valence-corrected chi connectivity index (χ1v) is 5.61. The van der Waals surface area contributed by atoms with Crippen molar-refractivity contribution < 1.29 is 4.79 Å². The second kappa shape index (κ2) is 5.15. The van der Waals surface area contributed by atoms with E-state index in [0.717, 1.165) is 5.56 Å². The van der Waals surface area contributed by atoms with Gasteiger partial charge in [-0.25, -0.2) is 0 Å². The summed E-state index contributed by atoms with van der Waals surface area (Å²) in [6, 6.07) is 8.21. The quantitative estimate of drug-likeness (QED) is 0.760. The summed E-state index contributed by atoms with van der Waals surface area (Å²) >= 11 is 3.15. The minimum absolute atomic E-state index is 0.102. The van der Waals surface area contributed by atoms with E-state index in [0.29, 0.717) is 11.9 Å². The predicted octanol–water partition coefficient (Wildman–Crippen LogP) is 2.35. The van der Waals surface area contributed by atoms with E-state index in [9.17, 15) is 4.79 Å². The molecular formula is C11H14BrNO. The molecule has 0 bridgehead atoms. The van der Waals surface area contributed by atoms with E-state index in [1.165, 1.54) is 5.56 Å². The number of carbonyl (C=O) groups excluding carboxylic acids is 1. The van der Waals surface area contributed by atoms with Crippen molar-refractivity contribution in [3.05, 3.63) is 35.4 Å². The molecule has 0 spiro atoms. The van der Waals surface area contributed by atoms with Gasteiger partial charge in [-0.3, -0.25) is 4.79 Å². The minimum atomic E-state index is 0.102. The summed E-state index contributed by atoms with van der Waals surface area (Å²) in [4.78, 5) is 13.0. The van der Waals surface area contributed by atoms with Crippen molar-refractivity contribution in [1.82, 2.24) is 4.90 Å². The molecule has 0 saturated carbocycles. The molecule has 0 aliphatic rings. The van der Waals surface area contributed by atoms with Gasteiger partial charge < -0.3 is 4.90 Å². The number of hydrogen-bond acceptors (Lipinski definition) is 1. The van der Waals surface area contributed by atoms with Crippen LogP contribution in [0.3, 0.4) is 0 Å². The topological polar surface area (TPSA) is 20.3 Å². The van der Waals surface area contributed by atoms with Gasteiger partial charge in [-0.15, -0.1) is 0 Å². The Morgan fingerprint density at radius 1 is 1.36 bits per heavy atom. The SMILES string of the molecule is Cc1ccc(CN(C)C(=O)CBr)cc1. The molecule has 3 heteroatoms. The minimum Gasteiger partial charge on any atom is -0.341 e. The molecule has 0 aliphatic heterocycles. The monoisotopic (exact) mass is 255 g/mol. The molecule has 76 valence electrons. The Labute approximate surface area is 93.0 Å². The Balaban J connectivity index is 2.60. The summed E-state index contributed by atoms with van der Waals surface area (Å²) in [5.41, 5.74) is 2.40. The Morgan fingerprint density at radius 3 is 2.43 bits per heavy atom. The molecule has 0 atom stereocenters. The molecule has 0 radical (unpaired) electrons. The first-order chi connectivity index (χ1) is 6.63. The molecule has 0 fully saturated rings. The lowest BCUT2D eigenvalue weighted by Crippen LogP contribution is -2.26.